The molecule has 2 aliphatic rings. The molecule has 172 valence electrons. The first kappa shape index (κ1) is 23.6. The first-order valence-corrected chi connectivity index (χ1v) is 10.2. The summed E-state index contributed by atoms with van der Waals surface area (Å²) in [5.41, 5.74) is 4.85. The smallest absolute Gasteiger partial charge is 0.460 e. The van der Waals surface area contributed by atoms with Crippen molar-refractivity contribution >= 4 is 23.8 Å². The standard InChI is InChI=1S/C22H30N5O5/c1-25-20(28)22(30-4)19(27(3,31-5)21(25)29)24-18(26(22)2)13-10-16-8-11-17(12-9-16)32-15-7-6-14-23/h7-13,15,19H,6,14,23H2,1-5H3/q+1/t19-,22-,27+/m0/s1. The van der Waals surface area contributed by atoms with E-state index < -0.39 is 28.5 Å². The number of amidine groups is 1. The summed E-state index contributed by atoms with van der Waals surface area (Å²) < 4.78 is 10.7. The zero-order chi connectivity index (χ0) is 23.5. The second-order valence-electron chi connectivity index (χ2n) is 7.61. The number of nitrogens with two attached hydrogens (primary N) is 1. The third-order valence-electron chi connectivity index (χ3n) is 5.82. The minimum absolute atomic E-state index is 0.486. The predicted octanol–water partition coefficient (Wildman–Crippen LogP) is 1.55. The van der Waals surface area contributed by atoms with E-state index in [1.54, 1.807) is 31.3 Å². The van der Waals surface area contributed by atoms with E-state index in [1.807, 2.05) is 36.4 Å². The van der Waals surface area contributed by atoms with Gasteiger partial charge in [0.25, 0.3) is 12.1 Å². The zero-order valence-electron chi connectivity index (χ0n) is 19.0. The molecule has 10 heteroatoms. The van der Waals surface area contributed by atoms with Gasteiger partial charge in [-0.1, -0.05) is 22.9 Å². The molecule has 2 heterocycles. The highest BCUT2D eigenvalue weighted by Gasteiger charge is 2.72. The molecule has 0 aliphatic carbocycles. The Balaban J connectivity index is 1.85. The van der Waals surface area contributed by atoms with Gasteiger partial charge in [0.05, 0.1) is 13.4 Å². The third-order valence-corrected chi connectivity index (χ3v) is 5.82. The van der Waals surface area contributed by atoms with E-state index in [4.69, 9.17) is 20.0 Å². The molecule has 0 radical (unpaired) electrons. The largest absolute Gasteiger partial charge is 0.465 e. The Labute approximate surface area is 187 Å². The molecular formula is C22H30N5O5+. The van der Waals surface area contributed by atoms with Crippen LogP contribution in [0.5, 0.6) is 5.75 Å². The number of aliphatic imine (C=N–C) groups is 1. The molecule has 0 spiro atoms. The lowest BCUT2D eigenvalue weighted by Gasteiger charge is -2.47. The number of methoxy groups -OCH3 is 1. The first-order chi connectivity index (χ1) is 15.3. The molecule has 10 nitrogen and oxygen atoms in total. The van der Waals surface area contributed by atoms with Crippen molar-refractivity contribution in [3.63, 3.8) is 0 Å². The summed E-state index contributed by atoms with van der Waals surface area (Å²) in [7, 11) is 7.51. The van der Waals surface area contributed by atoms with E-state index >= 15 is 0 Å². The Morgan fingerprint density at radius 2 is 1.88 bits per heavy atom. The molecule has 1 aromatic rings. The number of hydrogen-bond acceptors (Lipinski definition) is 8. The Bertz CT molecular complexity index is 960. The summed E-state index contributed by atoms with van der Waals surface area (Å²) in [6.45, 7) is 0.575. The van der Waals surface area contributed by atoms with E-state index in [0.29, 0.717) is 18.1 Å². The number of hydrogen-bond donors (Lipinski definition) is 1. The van der Waals surface area contributed by atoms with E-state index in [2.05, 4.69) is 4.99 Å². The van der Waals surface area contributed by atoms with E-state index in [-0.39, 0.29) is 0 Å². The second kappa shape index (κ2) is 9.21. The van der Waals surface area contributed by atoms with Gasteiger partial charge in [-0.15, -0.1) is 0 Å². The average Bonchev–Trinajstić information content (AvgIpc) is 3.11. The number of carbonyl (C=O) groups is 2. The predicted molar refractivity (Wildman–Crippen MR) is 119 cm³/mol. The number of nitrogens with zero attached hydrogens (tertiary/aromatic N) is 4. The van der Waals surface area contributed by atoms with Gasteiger partial charge in [0.15, 0.2) is 0 Å². The van der Waals surface area contributed by atoms with Crippen LogP contribution in [0.4, 0.5) is 4.79 Å². The lowest BCUT2D eigenvalue weighted by atomic mass is 10.0. The molecule has 2 aliphatic heterocycles. The molecule has 32 heavy (non-hydrogen) atoms. The van der Waals surface area contributed by atoms with Gasteiger partial charge in [0.2, 0.25) is 0 Å². The SMILES string of the molecule is CO[C@]12C(=O)N(C)C(=O)[N@+](C)(OC)[C@@H]1N=C(C=Cc1ccc(OC=CCCN)cc1)N2C. The highest BCUT2D eigenvalue weighted by Crippen LogP contribution is 2.41. The van der Waals surface area contributed by atoms with Crippen LogP contribution in [-0.2, 0) is 14.4 Å². The number of hydroxylamine groups is 3. The van der Waals surface area contributed by atoms with Crippen LogP contribution in [0.3, 0.4) is 0 Å². The molecule has 3 rings (SSSR count). The average molecular weight is 445 g/mol. The number of ether oxygens (including phenoxy) is 2. The number of rotatable bonds is 8. The molecule has 3 amide bonds. The maximum atomic E-state index is 13.1. The van der Waals surface area contributed by atoms with Gasteiger partial charge in [-0.25, -0.2) is 14.7 Å². The molecular weight excluding hydrogens is 414 g/mol. The number of likely N-dealkylation sites (N-methyl/N-ethyl adjacent to an activating group) is 3. The van der Waals surface area contributed by atoms with Crippen LogP contribution in [0.15, 0.2) is 47.7 Å². The van der Waals surface area contributed by atoms with Crippen molar-refractivity contribution in [3.05, 3.63) is 48.2 Å². The second-order valence-corrected chi connectivity index (χ2v) is 7.61. The fourth-order valence-electron chi connectivity index (χ4n) is 3.85. The number of urea groups is 1. The normalized spacial score (nSPS) is 28.1. The summed E-state index contributed by atoms with van der Waals surface area (Å²) in [6, 6.07) is 6.97. The van der Waals surface area contributed by atoms with E-state index in [0.717, 1.165) is 16.9 Å². The van der Waals surface area contributed by atoms with Gasteiger partial charge < -0.3 is 20.1 Å². The molecule has 0 aromatic heterocycles. The number of fused-ring (bicyclic) bond motifs is 1. The Hall–Kier alpha value is -3.05. The van der Waals surface area contributed by atoms with Gasteiger partial charge in [-0.05, 0) is 42.8 Å². The van der Waals surface area contributed by atoms with Crippen LogP contribution >= 0.6 is 0 Å². The zero-order valence-corrected chi connectivity index (χ0v) is 19.0. The lowest BCUT2D eigenvalue weighted by Crippen LogP contribution is -2.78. The first-order valence-electron chi connectivity index (χ1n) is 10.2. The van der Waals surface area contributed by atoms with E-state index in [9.17, 15) is 9.59 Å². The summed E-state index contributed by atoms with van der Waals surface area (Å²) in [5.74, 6) is 0.691. The Morgan fingerprint density at radius 3 is 2.47 bits per heavy atom. The van der Waals surface area contributed by atoms with Gasteiger partial charge >= 0.3 is 11.8 Å². The van der Waals surface area contributed by atoms with Crippen molar-refractivity contribution in [1.29, 1.82) is 0 Å². The van der Waals surface area contributed by atoms with Crippen molar-refractivity contribution in [2.24, 2.45) is 10.7 Å². The summed E-state index contributed by atoms with van der Waals surface area (Å²) >= 11 is 0. The van der Waals surface area contributed by atoms with Gasteiger partial charge in [0.1, 0.15) is 18.6 Å². The maximum Gasteiger partial charge on any atom is 0.460 e. The number of imide groups is 1. The molecule has 0 unspecified atom stereocenters. The van der Waals surface area contributed by atoms with Crippen LogP contribution in [0.1, 0.15) is 12.0 Å². The molecule has 1 aromatic carbocycles. The van der Waals surface area contributed by atoms with Crippen LogP contribution in [-0.4, -0.2) is 86.0 Å². The molecule has 1 saturated heterocycles. The van der Waals surface area contributed by atoms with Crippen molar-refractivity contribution in [1.82, 2.24) is 9.80 Å². The van der Waals surface area contributed by atoms with Gasteiger partial charge in [-0.2, -0.15) is 4.84 Å². The minimum Gasteiger partial charge on any atom is -0.465 e. The minimum atomic E-state index is -1.50. The molecule has 0 saturated carbocycles. The fourth-order valence-corrected chi connectivity index (χ4v) is 3.85. The van der Waals surface area contributed by atoms with Crippen molar-refractivity contribution in [2.45, 2.75) is 18.3 Å². The van der Waals surface area contributed by atoms with Crippen LogP contribution in [0.25, 0.3) is 6.08 Å². The Morgan fingerprint density at radius 1 is 1.19 bits per heavy atom. The van der Waals surface area contributed by atoms with E-state index in [1.165, 1.54) is 21.3 Å². The van der Waals surface area contributed by atoms with Gasteiger partial charge in [0, 0.05) is 21.2 Å². The number of amides is 3. The summed E-state index contributed by atoms with van der Waals surface area (Å²) in [4.78, 5) is 38.7. The van der Waals surface area contributed by atoms with Crippen molar-refractivity contribution < 1.29 is 28.5 Å². The molecule has 0 bridgehead atoms. The van der Waals surface area contributed by atoms with Crippen molar-refractivity contribution in [3.8, 4) is 5.75 Å². The topological polar surface area (TPSA) is 107 Å². The van der Waals surface area contributed by atoms with Crippen LogP contribution < -0.4 is 10.5 Å². The van der Waals surface area contributed by atoms with Crippen LogP contribution in [0.2, 0.25) is 0 Å². The summed E-state index contributed by atoms with van der Waals surface area (Å²) in [5, 5.41) is 0. The lowest BCUT2D eigenvalue weighted by molar-refractivity contribution is -1.05. The maximum absolute atomic E-state index is 13.1. The third kappa shape index (κ3) is 3.71. The molecule has 2 N–H and O–H groups in total. The quantitative estimate of drug-likeness (QED) is 0.479. The summed E-state index contributed by atoms with van der Waals surface area (Å²) in [6.07, 6.45) is 6.94. The highest BCUT2D eigenvalue weighted by atomic mass is 16.7. The molecule has 3 atom stereocenters. The van der Waals surface area contributed by atoms with Crippen LogP contribution in [0, 0.1) is 0 Å². The monoisotopic (exact) mass is 444 g/mol. The fraction of sp³-hybridized carbons (Fsp3) is 0.409. The molecule has 1 fully saturated rings. The number of benzene rings is 1. The number of quaternary nitrogens is 1. The highest BCUT2D eigenvalue weighted by molar-refractivity contribution is 6.06. The Kier molecular flexibility index (Phi) is 6.79. The van der Waals surface area contributed by atoms with Gasteiger partial charge in [-0.3, -0.25) is 4.79 Å². The number of carbonyl (C=O) groups excluding carboxylic acids is 2. The van der Waals surface area contributed by atoms with Crippen molar-refractivity contribution in [2.75, 3.05) is 41.9 Å².